The van der Waals surface area contributed by atoms with Crippen molar-refractivity contribution in [2.24, 2.45) is 4.99 Å². The maximum absolute atomic E-state index is 11.9. The summed E-state index contributed by atoms with van der Waals surface area (Å²) in [5.41, 5.74) is 2.61. The van der Waals surface area contributed by atoms with Gasteiger partial charge >= 0.3 is 0 Å². The first-order valence-corrected chi connectivity index (χ1v) is 17.4. The van der Waals surface area contributed by atoms with E-state index in [1.165, 1.54) is 0 Å². The number of aryl methyl sites for hydroxylation is 1. The Morgan fingerprint density at radius 1 is 1.10 bits per heavy atom. The predicted octanol–water partition coefficient (Wildman–Crippen LogP) is 2.10. The van der Waals surface area contributed by atoms with E-state index in [0.29, 0.717) is 54.9 Å². The van der Waals surface area contributed by atoms with Crippen molar-refractivity contribution in [2.75, 3.05) is 36.0 Å². The Morgan fingerprint density at radius 3 is 2.55 bits per heavy atom. The Balaban J connectivity index is 1.57. The number of carbonyl (C=O) groups excluding carboxylic acids is 1. The average Bonchev–Trinajstić information content (AvgIpc) is 2.85. The molecule has 0 aromatic heterocycles. The number of ether oxygens (including phenoxy) is 1. The van der Waals surface area contributed by atoms with E-state index in [4.69, 9.17) is 9.73 Å². The smallest absolute Gasteiger partial charge is 0.207 e. The molecule has 0 spiro atoms. The van der Waals surface area contributed by atoms with Gasteiger partial charge in [0.05, 0.1) is 26.3 Å². The molecule has 5 rings (SSSR count). The Hall–Kier alpha value is -2.87. The number of hydrogen-bond donors (Lipinski definition) is 0. The SMILES string of the molecule is CC(=O)CCCN1c2cc3c(cc2C(CS(=O)(=O)[O-])CC1(C)C)N=c1cc2c(cc1O3)=[N+](CCCS(=O)(=O)[O-])CCC2. The van der Waals surface area contributed by atoms with E-state index in [0.717, 1.165) is 41.6 Å². The molecule has 0 bridgehead atoms. The number of nitrogens with zero attached hydrogens (tertiary/aromatic N) is 3. The highest BCUT2D eigenvalue weighted by molar-refractivity contribution is 7.85. The number of benzene rings is 2. The van der Waals surface area contributed by atoms with E-state index < -0.39 is 43.2 Å². The molecular weight excluding hydrogens is 582 g/mol. The van der Waals surface area contributed by atoms with Gasteiger partial charge in [-0.15, -0.1) is 0 Å². The van der Waals surface area contributed by atoms with E-state index >= 15 is 0 Å². The largest absolute Gasteiger partial charge is 0.748 e. The number of rotatable bonds is 10. The van der Waals surface area contributed by atoms with Crippen LogP contribution in [0, 0.1) is 0 Å². The molecule has 3 heterocycles. The number of Topliss-reactive ketones (excluding diaryl/α,β-unsaturated/α-hetero) is 1. The fraction of sp³-hybridized carbons (Fsp3) is 0.552. The summed E-state index contributed by atoms with van der Waals surface area (Å²) in [7, 11) is -8.78. The van der Waals surface area contributed by atoms with Crippen LogP contribution < -0.4 is 24.9 Å². The lowest BCUT2D eigenvalue weighted by atomic mass is 9.79. The van der Waals surface area contributed by atoms with Gasteiger partial charge in [0.25, 0.3) is 0 Å². The molecule has 3 aliphatic rings. The van der Waals surface area contributed by atoms with E-state index in [-0.39, 0.29) is 12.2 Å². The summed E-state index contributed by atoms with van der Waals surface area (Å²) in [5.74, 6) is -0.310. The second-order valence-corrected chi connectivity index (χ2v) is 15.1. The summed E-state index contributed by atoms with van der Waals surface area (Å²) >= 11 is 0. The van der Waals surface area contributed by atoms with Gasteiger partial charge < -0.3 is 23.5 Å². The molecule has 2 aromatic rings. The zero-order valence-corrected chi connectivity index (χ0v) is 25.7. The van der Waals surface area contributed by atoms with Crippen molar-refractivity contribution in [1.29, 1.82) is 0 Å². The van der Waals surface area contributed by atoms with Gasteiger partial charge in [-0.25, -0.2) is 26.4 Å². The van der Waals surface area contributed by atoms with Crippen LogP contribution in [0.4, 0.5) is 11.4 Å². The Labute approximate surface area is 246 Å². The Morgan fingerprint density at radius 2 is 1.86 bits per heavy atom. The molecule has 0 aliphatic carbocycles. The van der Waals surface area contributed by atoms with Crippen molar-refractivity contribution in [3.05, 3.63) is 46.1 Å². The number of carbonyl (C=O) groups is 1. The molecule has 0 N–H and O–H groups in total. The lowest BCUT2D eigenvalue weighted by Crippen LogP contribution is -2.50. The summed E-state index contributed by atoms with van der Waals surface area (Å²) < 4.78 is 77.4. The maximum Gasteiger partial charge on any atom is 0.207 e. The monoisotopic (exact) mass is 618 g/mol. The van der Waals surface area contributed by atoms with Crippen LogP contribution >= 0.6 is 0 Å². The molecule has 228 valence electrons. The molecule has 0 fully saturated rings. The lowest BCUT2D eigenvalue weighted by Gasteiger charge is -2.48. The Bertz CT molecular complexity index is 1770. The highest BCUT2D eigenvalue weighted by Crippen LogP contribution is 2.49. The van der Waals surface area contributed by atoms with Crippen molar-refractivity contribution in [3.8, 4) is 11.5 Å². The molecule has 0 amide bonds. The molecule has 11 nitrogen and oxygen atoms in total. The first-order chi connectivity index (χ1) is 19.6. The lowest BCUT2D eigenvalue weighted by molar-refractivity contribution is -0.117. The fourth-order valence-electron chi connectivity index (χ4n) is 6.52. The summed E-state index contributed by atoms with van der Waals surface area (Å²) in [4.78, 5) is 18.7. The standard InChI is InChI=1S/C29H37N3O8S2/c1-19(33)7-4-11-32-26-16-28-24(14-22(26)21(17-29(32,2)3)18-42(37,38)39)30-23-13-20-8-5-9-31(10-6-12-41(34,35)36)25(20)15-27(23)40-28/h13-16,21H,4-12,17-18H2,1-3H3,(H-,34,35,36,37,38,39)/p-1. The van der Waals surface area contributed by atoms with Crippen molar-refractivity contribution in [2.45, 2.75) is 70.8 Å². The summed E-state index contributed by atoms with van der Waals surface area (Å²) in [6.07, 6.45) is 3.43. The second-order valence-electron chi connectivity index (χ2n) is 12.1. The van der Waals surface area contributed by atoms with Crippen LogP contribution in [-0.4, -0.2) is 68.4 Å². The quantitative estimate of drug-likeness (QED) is 0.245. The van der Waals surface area contributed by atoms with Gasteiger partial charge in [-0.05, 0) is 57.7 Å². The first kappa shape index (κ1) is 30.6. The average molecular weight is 619 g/mol. The maximum atomic E-state index is 11.9. The molecule has 3 aliphatic heterocycles. The number of ketones is 1. The van der Waals surface area contributed by atoms with Gasteiger partial charge in [0.1, 0.15) is 29.9 Å². The van der Waals surface area contributed by atoms with Crippen LogP contribution in [0.15, 0.2) is 29.3 Å². The van der Waals surface area contributed by atoms with Gasteiger partial charge in [0, 0.05) is 66.1 Å². The van der Waals surface area contributed by atoms with E-state index in [9.17, 15) is 30.7 Å². The molecule has 0 saturated carbocycles. The van der Waals surface area contributed by atoms with Crippen molar-refractivity contribution >= 4 is 37.4 Å². The van der Waals surface area contributed by atoms with Gasteiger partial charge in [-0.2, -0.15) is 0 Å². The normalized spacial score (nSPS) is 19.1. The van der Waals surface area contributed by atoms with Crippen molar-refractivity contribution < 1.29 is 35.5 Å². The first-order valence-electron chi connectivity index (χ1n) is 14.2. The molecule has 0 radical (unpaired) electrons. The molecule has 2 aromatic carbocycles. The third-order valence-electron chi connectivity index (χ3n) is 8.29. The van der Waals surface area contributed by atoms with Crippen LogP contribution in [-0.2, 0) is 31.5 Å². The van der Waals surface area contributed by atoms with Crippen LogP contribution in [0.1, 0.15) is 69.9 Å². The topological polar surface area (TPSA) is 159 Å². The van der Waals surface area contributed by atoms with Gasteiger partial charge in [0.15, 0.2) is 11.5 Å². The van der Waals surface area contributed by atoms with Crippen LogP contribution in [0.5, 0.6) is 11.5 Å². The molecule has 13 heteroatoms. The molecular formula is C29H36N3O8S2-. The Kier molecular flexibility index (Phi) is 8.25. The molecule has 42 heavy (non-hydrogen) atoms. The highest BCUT2D eigenvalue weighted by Gasteiger charge is 2.39. The van der Waals surface area contributed by atoms with E-state index in [2.05, 4.69) is 9.48 Å². The van der Waals surface area contributed by atoms with Gasteiger partial charge in [0.2, 0.25) is 5.36 Å². The van der Waals surface area contributed by atoms with E-state index in [1.54, 1.807) is 6.92 Å². The predicted molar refractivity (Wildman–Crippen MR) is 155 cm³/mol. The minimum absolute atomic E-state index is 0.0940. The third kappa shape index (κ3) is 6.85. The highest BCUT2D eigenvalue weighted by atomic mass is 32.2. The van der Waals surface area contributed by atoms with Crippen molar-refractivity contribution in [1.82, 2.24) is 4.58 Å². The van der Waals surface area contributed by atoms with Crippen molar-refractivity contribution in [3.63, 3.8) is 0 Å². The number of hydrogen-bond acceptors (Lipinski definition) is 10. The summed E-state index contributed by atoms with van der Waals surface area (Å²) in [6, 6.07) is 7.54. The molecule has 1 unspecified atom stereocenters. The fourth-order valence-corrected chi connectivity index (χ4v) is 7.79. The van der Waals surface area contributed by atoms with E-state index in [1.807, 2.05) is 38.1 Å². The minimum Gasteiger partial charge on any atom is -0.748 e. The van der Waals surface area contributed by atoms with Gasteiger partial charge in [-0.3, -0.25) is 0 Å². The zero-order valence-electron chi connectivity index (χ0n) is 24.1. The molecule has 1 atom stereocenters. The number of anilines is 1. The molecule has 0 saturated heterocycles. The summed E-state index contributed by atoms with van der Waals surface area (Å²) in [6.45, 7) is 7.31. The third-order valence-corrected chi connectivity index (χ3v) is 9.89. The zero-order chi connectivity index (χ0) is 30.4. The second kappa shape index (κ2) is 11.3. The minimum atomic E-state index is -4.49. The van der Waals surface area contributed by atoms with Crippen LogP contribution in [0.3, 0.4) is 0 Å². The van der Waals surface area contributed by atoms with Crippen LogP contribution in [0.2, 0.25) is 0 Å². The van der Waals surface area contributed by atoms with Crippen LogP contribution in [0.25, 0.3) is 0 Å². The summed E-state index contributed by atoms with van der Waals surface area (Å²) in [5, 5.41) is 1.56. The number of fused-ring (bicyclic) bond motifs is 4. The van der Waals surface area contributed by atoms with Gasteiger partial charge in [-0.1, -0.05) is 0 Å².